The van der Waals surface area contributed by atoms with E-state index < -0.39 is 48.8 Å². The summed E-state index contributed by atoms with van der Waals surface area (Å²) >= 11 is 0. The third kappa shape index (κ3) is 9.55. The van der Waals surface area contributed by atoms with Gasteiger partial charge in [-0.2, -0.15) is 18.3 Å². The smallest absolute Gasteiger partial charge is 0.382 e. The molecule has 1 saturated carbocycles. The Morgan fingerprint density at radius 1 is 1.10 bits per heavy atom. The Balaban J connectivity index is 1.77. The number of methoxy groups -OCH3 is 1. The van der Waals surface area contributed by atoms with Crippen LogP contribution < -0.4 is 16.0 Å². The number of anilines is 1. The molecule has 2 aromatic heterocycles. The van der Waals surface area contributed by atoms with Crippen LogP contribution in [0.2, 0.25) is 0 Å². The summed E-state index contributed by atoms with van der Waals surface area (Å²) in [6.45, 7) is 5.98. The minimum Gasteiger partial charge on any atom is -0.382 e. The van der Waals surface area contributed by atoms with E-state index in [1.54, 1.807) is 23.0 Å². The summed E-state index contributed by atoms with van der Waals surface area (Å²) in [5, 5.41) is 12.5. The molecule has 0 spiro atoms. The number of alkyl halides is 3. The topological polar surface area (TPSA) is 127 Å². The highest BCUT2D eigenvalue weighted by Gasteiger charge is 2.34. The lowest BCUT2D eigenvalue weighted by atomic mass is 9.79. The van der Waals surface area contributed by atoms with Gasteiger partial charge in [0, 0.05) is 32.0 Å². The van der Waals surface area contributed by atoms with Crippen molar-refractivity contribution >= 4 is 23.5 Å². The van der Waals surface area contributed by atoms with Crippen LogP contribution >= 0.6 is 0 Å². The molecule has 1 fully saturated rings. The second-order valence-corrected chi connectivity index (χ2v) is 10.9. The van der Waals surface area contributed by atoms with Gasteiger partial charge in [0.25, 0.3) is 5.91 Å². The Kier molecular flexibility index (Phi) is 11.3. The van der Waals surface area contributed by atoms with E-state index in [-0.39, 0.29) is 24.4 Å². The highest BCUT2D eigenvalue weighted by molar-refractivity contribution is 6.00. The largest absolute Gasteiger partial charge is 0.389 e. The fourth-order valence-electron chi connectivity index (χ4n) is 4.98. The quantitative estimate of drug-likeness (QED) is 0.338. The van der Waals surface area contributed by atoms with E-state index in [4.69, 9.17) is 4.74 Å². The molecule has 3 N–H and O–H groups in total. The first kappa shape index (κ1) is 32.0. The minimum atomic E-state index is -4.45. The van der Waals surface area contributed by atoms with Crippen molar-refractivity contribution in [3.05, 3.63) is 41.9 Å². The molecule has 2 heterocycles. The predicted molar refractivity (Wildman–Crippen MR) is 146 cm³/mol. The van der Waals surface area contributed by atoms with Crippen molar-refractivity contribution in [1.82, 2.24) is 25.4 Å². The summed E-state index contributed by atoms with van der Waals surface area (Å²) in [5.74, 6) is -0.983. The van der Waals surface area contributed by atoms with E-state index in [9.17, 15) is 27.6 Å². The number of ether oxygens (including phenoxy) is 1. The number of carbonyl (C=O) groups is 3. The fourth-order valence-corrected chi connectivity index (χ4v) is 4.98. The number of nitrogens with zero attached hydrogens (tertiary/aromatic N) is 3. The Morgan fingerprint density at radius 3 is 2.44 bits per heavy atom. The van der Waals surface area contributed by atoms with Crippen LogP contribution in [0.3, 0.4) is 0 Å². The maximum atomic E-state index is 13.6. The van der Waals surface area contributed by atoms with Gasteiger partial charge in [-0.1, -0.05) is 19.8 Å². The fraction of sp³-hybridized carbons (Fsp3) is 0.607. The van der Waals surface area contributed by atoms with Crippen LogP contribution in [-0.2, 0) is 14.3 Å². The zero-order valence-corrected chi connectivity index (χ0v) is 23.8. The number of hydrogen-bond donors (Lipinski definition) is 3. The molecule has 0 aromatic carbocycles. The molecule has 13 heteroatoms. The number of pyridine rings is 1. The summed E-state index contributed by atoms with van der Waals surface area (Å²) in [6.07, 6.45) is -0.00172. The van der Waals surface area contributed by atoms with Gasteiger partial charge in [-0.15, -0.1) is 0 Å². The minimum absolute atomic E-state index is 0.00235. The first-order valence-electron chi connectivity index (χ1n) is 13.8. The number of carbonyl (C=O) groups excluding carboxylic acids is 3. The van der Waals surface area contributed by atoms with Crippen molar-refractivity contribution in [2.45, 2.75) is 83.6 Å². The van der Waals surface area contributed by atoms with Gasteiger partial charge in [-0.25, -0.2) is 4.98 Å². The molecule has 1 aliphatic rings. The van der Waals surface area contributed by atoms with Gasteiger partial charge in [0.15, 0.2) is 0 Å². The van der Waals surface area contributed by atoms with Gasteiger partial charge in [0.05, 0.1) is 19.1 Å². The van der Waals surface area contributed by atoms with Crippen LogP contribution in [0.5, 0.6) is 0 Å². The zero-order valence-electron chi connectivity index (χ0n) is 23.8. The van der Waals surface area contributed by atoms with Crippen LogP contribution in [0.25, 0.3) is 0 Å². The molecule has 0 saturated heterocycles. The summed E-state index contributed by atoms with van der Waals surface area (Å²) < 4.78 is 44.4. The van der Waals surface area contributed by atoms with Crippen LogP contribution in [0.1, 0.15) is 87.4 Å². The third-order valence-electron chi connectivity index (χ3n) is 7.23. The van der Waals surface area contributed by atoms with Gasteiger partial charge in [0.1, 0.15) is 17.6 Å². The standard InChI is InChI=1S/C28H39F3N6O4/c1-17(2)37-22(11-14-33-37)26(39)36-25(19-7-5-18(3)6-8-19)27(40)35-23-15-20(10-13-32-23)21(16-41-4)34-24(38)9-12-28(29,30)31/h10-11,13-15,17-19,21,25H,5-9,12,16H2,1-4H3,(H,34,38)(H,36,39)(H,32,35,40)/t18?,19?,21?,25-/m1/s1. The first-order chi connectivity index (χ1) is 19.4. The number of hydrogen-bond acceptors (Lipinski definition) is 6. The molecular formula is C28H39F3N6O4. The van der Waals surface area contributed by atoms with Crippen LogP contribution in [0.4, 0.5) is 19.0 Å². The maximum absolute atomic E-state index is 13.6. The van der Waals surface area contributed by atoms with Crippen molar-refractivity contribution in [3.8, 4) is 0 Å². The molecule has 0 radical (unpaired) electrons. The molecule has 0 aliphatic heterocycles. The van der Waals surface area contributed by atoms with Crippen molar-refractivity contribution < 1.29 is 32.3 Å². The van der Waals surface area contributed by atoms with Gasteiger partial charge < -0.3 is 20.7 Å². The van der Waals surface area contributed by atoms with Crippen molar-refractivity contribution in [3.63, 3.8) is 0 Å². The third-order valence-corrected chi connectivity index (χ3v) is 7.23. The predicted octanol–water partition coefficient (Wildman–Crippen LogP) is 4.57. The lowest BCUT2D eigenvalue weighted by Crippen LogP contribution is -2.49. The highest BCUT2D eigenvalue weighted by Crippen LogP contribution is 2.31. The summed E-state index contributed by atoms with van der Waals surface area (Å²) in [6, 6.07) is 3.09. The van der Waals surface area contributed by atoms with Crippen molar-refractivity contribution in [2.24, 2.45) is 11.8 Å². The van der Waals surface area contributed by atoms with E-state index in [0.29, 0.717) is 17.2 Å². The lowest BCUT2D eigenvalue weighted by molar-refractivity contribution is -0.144. The number of amides is 3. The second kappa shape index (κ2) is 14.4. The Hall–Kier alpha value is -3.48. The Morgan fingerprint density at radius 2 is 1.80 bits per heavy atom. The molecule has 2 atom stereocenters. The molecule has 10 nitrogen and oxygen atoms in total. The number of aromatic nitrogens is 3. The number of rotatable bonds is 12. The van der Waals surface area contributed by atoms with Gasteiger partial charge in [0.2, 0.25) is 11.8 Å². The molecule has 1 unspecified atom stereocenters. The number of halogens is 3. The Bertz CT molecular complexity index is 1180. The van der Waals surface area contributed by atoms with E-state index >= 15 is 0 Å². The van der Waals surface area contributed by atoms with Crippen LogP contribution in [0, 0.1) is 11.8 Å². The normalized spacial score (nSPS) is 18.9. The Labute approximate surface area is 237 Å². The van der Waals surface area contributed by atoms with E-state index in [1.165, 1.54) is 19.4 Å². The summed E-state index contributed by atoms with van der Waals surface area (Å²) in [4.78, 5) is 43.2. The van der Waals surface area contributed by atoms with Crippen LogP contribution in [-0.4, -0.2) is 58.4 Å². The van der Waals surface area contributed by atoms with E-state index in [0.717, 1.165) is 25.7 Å². The molecule has 226 valence electrons. The average molecular weight is 581 g/mol. The van der Waals surface area contributed by atoms with Gasteiger partial charge in [-0.3, -0.25) is 19.1 Å². The average Bonchev–Trinajstić information content (AvgIpc) is 3.41. The molecule has 1 aliphatic carbocycles. The maximum Gasteiger partial charge on any atom is 0.389 e. The molecule has 41 heavy (non-hydrogen) atoms. The van der Waals surface area contributed by atoms with E-state index in [2.05, 4.69) is 33.0 Å². The molecule has 3 amide bonds. The molecule has 2 aromatic rings. The van der Waals surface area contributed by atoms with E-state index in [1.807, 2.05) is 13.8 Å². The number of nitrogens with one attached hydrogen (secondary N) is 3. The second-order valence-electron chi connectivity index (χ2n) is 10.9. The lowest BCUT2D eigenvalue weighted by Gasteiger charge is -2.32. The zero-order chi connectivity index (χ0) is 30.2. The van der Waals surface area contributed by atoms with Gasteiger partial charge in [-0.05, 0) is 62.3 Å². The molecule has 0 bridgehead atoms. The summed E-state index contributed by atoms with van der Waals surface area (Å²) in [7, 11) is 1.41. The summed E-state index contributed by atoms with van der Waals surface area (Å²) in [5.41, 5.74) is 0.844. The monoisotopic (exact) mass is 580 g/mol. The molecule has 3 rings (SSSR count). The molecular weight excluding hydrogens is 541 g/mol. The SMILES string of the molecule is COCC(NC(=O)CCC(F)(F)F)c1ccnc(NC(=O)[C@H](NC(=O)c2ccnn2C(C)C)C2CCC(C)CC2)c1. The highest BCUT2D eigenvalue weighted by atomic mass is 19.4. The first-order valence-corrected chi connectivity index (χ1v) is 13.8. The van der Waals surface area contributed by atoms with Crippen LogP contribution in [0.15, 0.2) is 30.6 Å². The van der Waals surface area contributed by atoms with Crippen molar-refractivity contribution in [2.75, 3.05) is 19.0 Å². The van der Waals surface area contributed by atoms with Crippen molar-refractivity contribution in [1.29, 1.82) is 0 Å². The van der Waals surface area contributed by atoms with Gasteiger partial charge >= 0.3 is 6.18 Å².